The number of aldehydes is 1. The van der Waals surface area contributed by atoms with Gasteiger partial charge in [-0.3, -0.25) is 43.2 Å². The molecule has 2 rings (SSSR count). The summed E-state index contributed by atoms with van der Waals surface area (Å²) in [5, 5.41) is 28.8. The Labute approximate surface area is 590 Å². The van der Waals surface area contributed by atoms with Crippen molar-refractivity contribution in [3.63, 3.8) is 0 Å². The van der Waals surface area contributed by atoms with Crippen LogP contribution >= 0.6 is 23.2 Å². The number of Topliss-reactive ketones (excluding diaryl/α,β-unsaturated/α-hetero) is 2. The standard InChI is InChI=1S/C30H48N2O4.C11H23NO.C10H22N2O.C8H6O4.C7H14O2.C4H11N.C2HF3O.CH2Cl2/c1-19(2)12-25(29(35)31-17-21(5)6)15-27(33)23-10-9-11-24(14-23)28(34)16-26(13-20(3)4)30(36)32-18-22(7)8;1-8(2)6-10(5)11(13)12-7-9(3)4;1-7(2)5-9(11)10(13)12-6-8(3)4;9-5-12-7-3-1-2-6(4-7)8(10)11;1-5(2)4-6(3)7(8)9;1-4(2)3-5;3-2(4,5)1-6;2-1-3/h9-11,14,19-22,25-26H,12-13,15-18H2,1-8H3,(H,31,35)(H,32,36);8-10H,6-7H2,1-5H3,(H,12,13);7-9H,5-6,11H2,1-4H3,(H,12,13);1-5H,(H,10,11);5-6H,4H2,1-3H3,(H,8,9);4H,3,5H2,1-2H3;1H;1H2/t25-,26-;10-;9-;;6-;;;/m100.0.../s1. The maximum atomic E-state index is 13.1. The number of aromatic carboxylic acids is 1. The van der Waals surface area contributed by atoms with Gasteiger partial charge in [-0.1, -0.05) is 177 Å². The van der Waals surface area contributed by atoms with Crippen molar-refractivity contribution in [3.05, 3.63) is 65.2 Å². The first kappa shape index (κ1) is 102. The normalized spacial score (nSPS) is 12.3. The zero-order chi connectivity index (χ0) is 76.9. The van der Waals surface area contributed by atoms with E-state index in [4.69, 9.17) is 49.7 Å². The molecule has 0 aliphatic carbocycles. The first-order valence-corrected chi connectivity index (χ1v) is 34.8. The number of benzene rings is 2. The molecule has 0 aliphatic rings. The van der Waals surface area contributed by atoms with Crippen molar-refractivity contribution >= 4 is 83.1 Å². The molecule has 0 saturated heterocycles. The summed E-state index contributed by atoms with van der Waals surface area (Å²) in [5.74, 6) is 1.77. The minimum Gasteiger partial charge on any atom is -0.481 e. The smallest absolute Gasteiger partial charge is 0.446 e. The Morgan fingerprint density at radius 3 is 1.06 bits per heavy atom. The minimum absolute atomic E-state index is 0.0256. The largest absolute Gasteiger partial charge is 0.481 e. The predicted octanol–water partition coefficient (Wildman–Crippen LogP) is 14.7. The number of hydrogen-bond donors (Lipinski definition) is 8. The molecule has 0 radical (unpaired) electrons. The Morgan fingerprint density at radius 1 is 0.474 bits per heavy atom. The van der Waals surface area contributed by atoms with Gasteiger partial charge in [0.2, 0.25) is 29.9 Å². The first-order valence-electron chi connectivity index (χ1n) is 33.7. The second-order valence-corrected chi connectivity index (χ2v) is 28.9. The predicted molar refractivity (Wildman–Crippen MR) is 387 cm³/mol. The molecule has 0 saturated carbocycles. The molecular formula is C73H127Cl2F3N6O13. The van der Waals surface area contributed by atoms with Crippen LogP contribution in [0.1, 0.15) is 228 Å². The maximum absolute atomic E-state index is 13.1. The van der Waals surface area contributed by atoms with Crippen molar-refractivity contribution in [2.45, 2.75) is 209 Å². The summed E-state index contributed by atoms with van der Waals surface area (Å²) >= 11 is 9.53. The van der Waals surface area contributed by atoms with E-state index in [1.165, 1.54) is 24.3 Å². The van der Waals surface area contributed by atoms with E-state index in [0.29, 0.717) is 90.9 Å². The lowest BCUT2D eigenvalue weighted by molar-refractivity contribution is -0.156. The Kier molecular flexibility index (Phi) is 63.2. The molecule has 97 heavy (non-hydrogen) atoms. The highest BCUT2D eigenvalue weighted by atomic mass is 35.5. The average molecular weight is 1420 g/mol. The number of halogens is 5. The Hall–Kier alpha value is -5.97. The summed E-state index contributed by atoms with van der Waals surface area (Å²) in [7, 11) is 0. The second kappa shape index (κ2) is 60.0. The molecular weight excluding hydrogens is 1300 g/mol. The molecule has 0 spiro atoms. The lowest BCUT2D eigenvalue weighted by Gasteiger charge is -2.20. The molecule has 0 bridgehead atoms. The summed E-state index contributed by atoms with van der Waals surface area (Å²) in [6.45, 7) is 48.7. The summed E-state index contributed by atoms with van der Waals surface area (Å²) in [6, 6.07) is 12.0. The quantitative estimate of drug-likeness (QED) is 0.0187. The van der Waals surface area contributed by atoms with Gasteiger partial charge in [-0.15, -0.1) is 23.2 Å². The monoisotopic (exact) mass is 1420 g/mol. The number of carboxylic acids is 2. The van der Waals surface area contributed by atoms with Crippen LogP contribution in [0.4, 0.5) is 13.2 Å². The molecule has 24 heteroatoms. The van der Waals surface area contributed by atoms with Gasteiger partial charge in [0.05, 0.1) is 22.9 Å². The van der Waals surface area contributed by atoms with E-state index in [9.17, 15) is 56.3 Å². The lowest BCUT2D eigenvalue weighted by Crippen LogP contribution is -2.42. The second-order valence-electron chi connectivity index (χ2n) is 28.1. The fraction of sp³-hybridized carbons (Fsp3) is 0.699. The summed E-state index contributed by atoms with van der Waals surface area (Å²) in [4.78, 5) is 114. The number of amides is 4. The number of rotatable bonds is 33. The van der Waals surface area contributed by atoms with Crippen LogP contribution in [-0.4, -0.2) is 120 Å². The molecule has 2 aromatic carbocycles. The zero-order valence-corrected chi connectivity index (χ0v) is 64.1. The molecule has 0 heterocycles. The van der Waals surface area contributed by atoms with Gasteiger partial charge in [0.25, 0.3) is 6.47 Å². The van der Waals surface area contributed by atoms with Gasteiger partial charge in [-0.05, 0) is 122 Å². The van der Waals surface area contributed by atoms with E-state index in [1.54, 1.807) is 31.2 Å². The Balaban J connectivity index is -0.000000279. The summed E-state index contributed by atoms with van der Waals surface area (Å²) in [6.07, 6.45) is -1.75. The molecule has 0 unspecified atom stereocenters. The Bertz CT molecular complexity index is 2370. The summed E-state index contributed by atoms with van der Waals surface area (Å²) in [5.41, 5.74) is 11.8. The van der Waals surface area contributed by atoms with E-state index in [0.717, 1.165) is 32.4 Å². The highest BCUT2D eigenvalue weighted by Gasteiger charge is 2.27. The van der Waals surface area contributed by atoms with Gasteiger partial charge in [0.1, 0.15) is 5.75 Å². The average Bonchev–Trinajstić information content (AvgIpc) is 0.872. The van der Waals surface area contributed by atoms with Crippen molar-refractivity contribution in [2.75, 3.05) is 38.1 Å². The number of ketones is 2. The van der Waals surface area contributed by atoms with Crippen LogP contribution in [0.5, 0.6) is 5.75 Å². The van der Waals surface area contributed by atoms with Crippen molar-refractivity contribution in [2.24, 2.45) is 94.3 Å². The third kappa shape index (κ3) is 67.0. The molecule has 0 aromatic heterocycles. The molecule has 0 aliphatic heterocycles. The van der Waals surface area contributed by atoms with Crippen LogP contribution < -0.4 is 37.5 Å². The van der Waals surface area contributed by atoms with Crippen LogP contribution in [-0.2, 0) is 33.6 Å². The minimum atomic E-state index is -4.64. The van der Waals surface area contributed by atoms with Crippen LogP contribution in [0.25, 0.3) is 0 Å². The number of carbonyl (C=O) groups excluding carboxylic acids is 8. The zero-order valence-electron chi connectivity index (χ0n) is 62.6. The lowest BCUT2D eigenvalue weighted by atomic mass is 9.88. The molecule has 19 nitrogen and oxygen atoms in total. The number of hydrogen-bond acceptors (Lipinski definition) is 13. The fourth-order valence-electron chi connectivity index (χ4n) is 8.06. The van der Waals surface area contributed by atoms with E-state index in [-0.39, 0.29) is 101 Å². The highest BCUT2D eigenvalue weighted by molar-refractivity contribution is 6.40. The van der Waals surface area contributed by atoms with Crippen LogP contribution in [0.15, 0.2) is 48.5 Å². The van der Waals surface area contributed by atoms with E-state index in [2.05, 4.69) is 95.2 Å². The molecule has 5 atom stereocenters. The van der Waals surface area contributed by atoms with Gasteiger partial charge in [-0.25, -0.2) is 4.79 Å². The van der Waals surface area contributed by atoms with E-state index in [1.807, 2.05) is 76.2 Å². The SMILES string of the molecule is CC(C)CN.CC(C)CNC(=O)[C@@H](C)CC(C)C.CC(C)CNC(=O)[C@@H](CC(=O)c1cccc(C(=O)C[C@@H](CC(C)C)C(=O)NCC(C)C)c1)CC(C)C.CC(C)CNC(=O)[C@@H](N)CC(C)C.CC(C)C[C@H](C)C(=O)O.ClCCl.O=CC(F)(F)F.O=COc1cccc(C(=O)O)c1. The van der Waals surface area contributed by atoms with Crippen LogP contribution in [0.2, 0.25) is 0 Å². The third-order valence-electron chi connectivity index (χ3n) is 12.8. The van der Waals surface area contributed by atoms with Crippen LogP contribution in [0, 0.1) is 82.9 Å². The number of ether oxygens (including phenoxy) is 1. The molecule has 0 fully saturated rings. The maximum Gasteiger partial charge on any atom is 0.446 e. The number of alkyl halides is 5. The van der Waals surface area contributed by atoms with Crippen LogP contribution in [0.3, 0.4) is 0 Å². The van der Waals surface area contributed by atoms with Crippen molar-refractivity contribution in [1.29, 1.82) is 0 Å². The fourth-order valence-corrected chi connectivity index (χ4v) is 8.06. The molecule has 10 N–H and O–H groups in total. The van der Waals surface area contributed by atoms with Crippen molar-refractivity contribution in [3.8, 4) is 5.75 Å². The number of aliphatic carboxylic acids is 1. The van der Waals surface area contributed by atoms with Gasteiger partial charge in [-0.2, -0.15) is 13.2 Å². The number of nitrogens with two attached hydrogens (primary N) is 2. The molecule has 2 aromatic rings. The van der Waals surface area contributed by atoms with Crippen molar-refractivity contribution in [1.82, 2.24) is 21.3 Å². The summed E-state index contributed by atoms with van der Waals surface area (Å²) < 4.78 is 35.7. The Morgan fingerprint density at radius 2 is 0.784 bits per heavy atom. The van der Waals surface area contributed by atoms with Gasteiger partial charge < -0.3 is 47.7 Å². The topological polar surface area (TPSA) is 321 Å². The van der Waals surface area contributed by atoms with E-state index >= 15 is 0 Å². The third-order valence-corrected chi connectivity index (χ3v) is 12.8. The van der Waals surface area contributed by atoms with Gasteiger partial charge in [0.15, 0.2) is 11.6 Å². The van der Waals surface area contributed by atoms with Crippen molar-refractivity contribution < 1.29 is 76.1 Å². The molecule has 562 valence electrons. The van der Waals surface area contributed by atoms with Gasteiger partial charge >= 0.3 is 18.1 Å². The van der Waals surface area contributed by atoms with E-state index < -0.39 is 36.2 Å². The van der Waals surface area contributed by atoms with Gasteiger partial charge in [0, 0.05) is 67.9 Å². The molecule has 4 amide bonds. The number of carbonyl (C=O) groups is 10. The number of nitrogens with one attached hydrogen (secondary N) is 4. The number of carboxylic acid groups (broad SMARTS) is 2. The highest BCUT2D eigenvalue weighted by Crippen LogP contribution is 2.23. The first-order chi connectivity index (χ1) is 44.7.